The highest BCUT2D eigenvalue weighted by Gasteiger charge is 2.18. The molecule has 3 aromatic rings. The minimum atomic E-state index is -0.736. The largest absolute Gasteiger partial charge is 0.353 e. The first-order valence-corrected chi connectivity index (χ1v) is 9.43. The topological polar surface area (TPSA) is 76.9 Å². The van der Waals surface area contributed by atoms with Crippen molar-refractivity contribution in [1.29, 1.82) is 0 Å². The smallest absolute Gasteiger partial charge is 0.278 e. The number of hydrogen-bond donors (Lipinski definition) is 1. The number of aromatic nitrogens is 3. The lowest BCUT2D eigenvalue weighted by atomic mass is 10.2. The van der Waals surface area contributed by atoms with Gasteiger partial charge in [-0.05, 0) is 43.3 Å². The second-order valence-corrected chi connectivity index (χ2v) is 7.23. The fraction of sp³-hybridized carbons (Fsp3) is 0.222. The lowest BCUT2D eigenvalue weighted by molar-refractivity contribution is -0.124. The summed E-state index contributed by atoms with van der Waals surface area (Å²) in [5.41, 5.74) is 0.189. The first-order valence-electron chi connectivity index (χ1n) is 8.06. The molecule has 2 aromatic carbocycles. The van der Waals surface area contributed by atoms with E-state index in [1.807, 2.05) is 24.3 Å². The van der Waals surface area contributed by atoms with Crippen LogP contribution in [0.5, 0.6) is 0 Å². The van der Waals surface area contributed by atoms with Crippen LogP contribution < -0.4 is 10.9 Å². The van der Waals surface area contributed by atoms with Gasteiger partial charge in [0.25, 0.3) is 5.56 Å². The molecule has 6 nitrogen and oxygen atoms in total. The third-order valence-corrected chi connectivity index (χ3v) is 5.09. The van der Waals surface area contributed by atoms with Gasteiger partial charge in [-0.1, -0.05) is 28.9 Å². The first kappa shape index (κ1) is 18.4. The van der Waals surface area contributed by atoms with E-state index < -0.39 is 6.04 Å². The van der Waals surface area contributed by atoms with Gasteiger partial charge < -0.3 is 5.32 Å². The molecule has 26 heavy (non-hydrogen) atoms. The van der Waals surface area contributed by atoms with E-state index in [-0.39, 0.29) is 11.5 Å². The van der Waals surface area contributed by atoms with Gasteiger partial charge in [0.2, 0.25) is 5.91 Å². The Kier molecular flexibility index (Phi) is 5.90. The predicted octanol–water partition coefficient (Wildman–Crippen LogP) is 2.91. The molecule has 0 saturated heterocycles. The number of benzene rings is 2. The van der Waals surface area contributed by atoms with Crippen molar-refractivity contribution in [3.05, 3.63) is 63.9 Å². The normalized spacial score (nSPS) is 12.1. The molecule has 1 N–H and O–H groups in total. The van der Waals surface area contributed by atoms with Crippen molar-refractivity contribution in [2.75, 3.05) is 12.3 Å². The summed E-state index contributed by atoms with van der Waals surface area (Å²) in [5.74, 6) is 0.437. The number of nitrogens with one attached hydrogen (secondary N) is 1. The quantitative estimate of drug-likeness (QED) is 0.519. The molecule has 0 aliphatic heterocycles. The number of carbonyl (C=O) groups is 1. The van der Waals surface area contributed by atoms with Crippen molar-refractivity contribution in [2.45, 2.75) is 17.9 Å². The number of carbonyl (C=O) groups excluding carboxylic acids is 1. The van der Waals surface area contributed by atoms with Crippen LogP contribution >= 0.6 is 23.4 Å². The molecule has 134 valence electrons. The van der Waals surface area contributed by atoms with Gasteiger partial charge >= 0.3 is 0 Å². The van der Waals surface area contributed by atoms with E-state index in [0.717, 1.165) is 9.58 Å². The molecule has 1 heterocycles. The third kappa shape index (κ3) is 4.23. The average molecular weight is 389 g/mol. The highest BCUT2D eigenvalue weighted by atomic mass is 35.5. The highest BCUT2D eigenvalue weighted by molar-refractivity contribution is 7.99. The lowest BCUT2D eigenvalue weighted by Crippen LogP contribution is -2.38. The number of halogens is 1. The van der Waals surface area contributed by atoms with Gasteiger partial charge in [-0.25, -0.2) is 0 Å². The number of fused-ring (bicyclic) bond motifs is 1. The molecule has 0 saturated carbocycles. The first-order chi connectivity index (χ1) is 12.6. The standard InChI is InChI=1S/C18H17ClN4O2S/c1-12(23-18(25)15-4-2-3-5-16(15)21-22-23)17(24)20-10-11-26-14-8-6-13(19)7-9-14/h2-9,12H,10-11H2,1H3,(H,20,24)/t12-/m0/s1. The summed E-state index contributed by atoms with van der Waals surface area (Å²) >= 11 is 7.47. The molecular weight excluding hydrogens is 372 g/mol. The minimum Gasteiger partial charge on any atom is -0.353 e. The van der Waals surface area contributed by atoms with Gasteiger partial charge in [-0.3, -0.25) is 9.59 Å². The number of rotatable bonds is 6. The maximum atomic E-state index is 12.5. The summed E-state index contributed by atoms with van der Waals surface area (Å²) < 4.78 is 1.12. The lowest BCUT2D eigenvalue weighted by Gasteiger charge is -2.13. The fourth-order valence-corrected chi connectivity index (χ4v) is 3.28. The van der Waals surface area contributed by atoms with E-state index in [0.29, 0.717) is 28.2 Å². The van der Waals surface area contributed by atoms with Crippen LogP contribution in [-0.2, 0) is 4.79 Å². The van der Waals surface area contributed by atoms with Crippen LogP contribution in [0.2, 0.25) is 5.02 Å². The summed E-state index contributed by atoms with van der Waals surface area (Å²) in [4.78, 5) is 25.9. The Morgan fingerprint density at radius 2 is 1.96 bits per heavy atom. The second kappa shape index (κ2) is 8.33. The maximum absolute atomic E-state index is 12.5. The minimum absolute atomic E-state index is 0.270. The highest BCUT2D eigenvalue weighted by Crippen LogP contribution is 2.19. The van der Waals surface area contributed by atoms with Crippen LogP contribution in [0.15, 0.2) is 58.2 Å². The Morgan fingerprint density at radius 1 is 1.23 bits per heavy atom. The summed E-state index contributed by atoms with van der Waals surface area (Å²) in [5, 5.41) is 11.9. The Bertz CT molecular complexity index is 975. The van der Waals surface area contributed by atoms with Crippen LogP contribution in [0.1, 0.15) is 13.0 Å². The Labute approximate surface area is 159 Å². The van der Waals surface area contributed by atoms with E-state index in [9.17, 15) is 9.59 Å². The SMILES string of the molecule is C[C@@H](C(=O)NCCSc1ccc(Cl)cc1)n1nnc2ccccc2c1=O. The number of nitrogens with zero attached hydrogens (tertiary/aromatic N) is 3. The summed E-state index contributed by atoms with van der Waals surface area (Å²) in [7, 11) is 0. The van der Waals surface area contributed by atoms with E-state index in [2.05, 4.69) is 15.6 Å². The van der Waals surface area contributed by atoms with Crippen molar-refractivity contribution < 1.29 is 4.79 Å². The van der Waals surface area contributed by atoms with Crippen LogP contribution in [0.25, 0.3) is 10.9 Å². The van der Waals surface area contributed by atoms with Crippen molar-refractivity contribution >= 4 is 40.2 Å². The molecule has 0 unspecified atom stereocenters. The molecule has 0 aliphatic rings. The van der Waals surface area contributed by atoms with E-state index in [1.54, 1.807) is 43.0 Å². The monoisotopic (exact) mass is 388 g/mol. The van der Waals surface area contributed by atoms with Crippen LogP contribution in [0, 0.1) is 0 Å². The van der Waals surface area contributed by atoms with E-state index in [1.165, 1.54) is 0 Å². The van der Waals surface area contributed by atoms with Gasteiger partial charge in [-0.15, -0.1) is 16.9 Å². The van der Waals surface area contributed by atoms with Crippen LogP contribution in [0.4, 0.5) is 0 Å². The zero-order valence-electron chi connectivity index (χ0n) is 14.1. The predicted molar refractivity (Wildman–Crippen MR) is 104 cm³/mol. The molecular formula is C18H17ClN4O2S. The van der Waals surface area contributed by atoms with E-state index >= 15 is 0 Å². The molecule has 1 atom stereocenters. The zero-order valence-corrected chi connectivity index (χ0v) is 15.6. The molecule has 8 heteroatoms. The van der Waals surface area contributed by atoms with Crippen molar-refractivity contribution in [1.82, 2.24) is 20.3 Å². The Morgan fingerprint density at radius 3 is 2.73 bits per heavy atom. The number of amides is 1. The third-order valence-electron chi connectivity index (χ3n) is 3.82. The van der Waals surface area contributed by atoms with Gasteiger partial charge in [-0.2, -0.15) is 4.68 Å². The average Bonchev–Trinajstić information content (AvgIpc) is 2.66. The van der Waals surface area contributed by atoms with Crippen LogP contribution in [0.3, 0.4) is 0 Å². The molecule has 0 bridgehead atoms. The van der Waals surface area contributed by atoms with Crippen molar-refractivity contribution in [3.63, 3.8) is 0 Å². The number of thioether (sulfide) groups is 1. The van der Waals surface area contributed by atoms with Gasteiger partial charge in [0.15, 0.2) is 0 Å². The molecule has 0 radical (unpaired) electrons. The van der Waals surface area contributed by atoms with Crippen molar-refractivity contribution in [3.8, 4) is 0 Å². The van der Waals surface area contributed by atoms with Gasteiger partial charge in [0.1, 0.15) is 11.6 Å². The Balaban J connectivity index is 1.58. The van der Waals surface area contributed by atoms with Gasteiger partial charge in [0.05, 0.1) is 5.39 Å². The molecule has 0 spiro atoms. The van der Waals surface area contributed by atoms with Gasteiger partial charge in [0, 0.05) is 22.2 Å². The molecule has 1 aromatic heterocycles. The van der Waals surface area contributed by atoms with Crippen molar-refractivity contribution in [2.24, 2.45) is 0 Å². The van der Waals surface area contributed by atoms with E-state index in [4.69, 9.17) is 11.6 Å². The number of hydrogen-bond acceptors (Lipinski definition) is 5. The molecule has 0 fully saturated rings. The fourth-order valence-electron chi connectivity index (χ4n) is 2.39. The van der Waals surface area contributed by atoms with Crippen LogP contribution in [-0.4, -0.2) is 33.2 Å². The summed E-state index contributed by atoms with van der Waals surface area (Å²) in [6.07, 6.45) is 0. The maximum Gasteiger partial charge on any atom is 0.278 e. The summed E-state index contributed by atoms with van der Waals surface area (Å²) in [6, 6.07) is 13.7. The molecule has 1 amide bonds. The second-order valence-electron chi connectivity index (χ2n) is 5.63. The zero-order chi connectivity index (χ0) is 18.5. The Hall–Kier alpha value is -2.38. The molecule has 3 rings (SSSR count). The summed E-state index contributed by atoms with van der Waals surface area (Å²) in [6.45, 7) is 2.11. The molecule has 0 aliphatic carbocycles.